The first-order chi connectivity index (χ1) is 14.7. The lowest BCUT2D eigenvalue weighted by Gasteiger charge is -2.33. The molecule has 2 amide bonds. The summed E-state index contributed by atoms with van der Waals surface area (Å²) in [6.45, 7) is 6.75. The minimum Gasteiger partial charge on any atom is -0.379 e. The Balaban J connectivity index is 1.21. The molecule has 2 saturated heterocycles. The summed E-state index contributed by atoms with van der Waals surface area (Å²) in [6.07, 6.45) is 2.00. The topological polar surface area (TPSA) is 92.6 Å². The van der Waals surface area contributed by atoms with E-state index in [0.717, 1.165) is 50.3 Å². The van der Waals surface area contributed by atoms with E-state index >= 15 is 0 Å². The number of hydrogen-bond donors (Lipinski definition) is 1. The molecule has 0 bridgehead atoms. The quantitative estimate of drug-likeness (QED) is 0.677. The van der Waals surface area contributed by atoms with Crippen molar-refractivity contribution in [1.82, 2.24) is 30.1 Å². The first kappa shape index (κ1) is 20.7. The van der Waals surface area contributed by atoms with Crippen molar-refractivity contribution in [1.29, 1.82) is 0 Å². The molecule has 2 aliphatic rings. The average molecular weight is 415 g/mol. The largest absolute Gasteiger partial charge is 0.379 e. The molecular formula is C21H30N6O3. The molecule has 162 valence electrons. The number of fused-ring (bicyclic) bond motifs is 1. The van der Waals surface area contributed by atoms with Crippen LogP contribution in [0.15, 0.2) is 24.3 Å². The van der Waals surface area contributed by atoms with Crippen LogP contribution in [0.2, 0.25) is 0 Å². The van der Waals surface area contributed by atoms with Crippen molar-refractivity contribution in [2.75, 3.05) is 52.5 Å². The van der Waals surface area contributed by atoms with Crippen molar-refractivity contribution in [3.05, 3.63) is 24.3 Å². The first-order valence-electron chi connectivity index (χ1n) is 10.8. The van der Waals surface area contributed by atoms with E-state index < -0.39 is 0 Å². The molecule has 0 aliphatic carbocycles. The van der Waals surface area contributed by atoms with Gasteiger partial charge in [-0.05, 0) is 25.0 Å². The molecule has 0 radical (unpaired) electrons. The van der Waals surface area contributed by atoms with Crippen LogP contribution in [0.5, 0.6) is 0 Å². The summed E-state index contributed by atoms with van der Waals surface area (Å²) < 4.78 is 7.17. The number of morpholine rings is 1. The maximum atomic E-state index is 12.6. The maximum Gasteiger partial charge on any atom is 0.224 e. The van der Waals surface area contributed by atoms with Crippen LogP contribution in [0.25, 0.3) is 11.0 Å². The zero-order chi connectivity index (χ0) is 20.8. The zero-order valence-electron chi connectivity index (χ0n) is 17.3. The molecule has 30 heavy (non-hydrogen) atoms. The van der Waals surface area contributed by atoms with E-state index in [1.807, 2.05) is 29.2 Å². The van der Waals surface area contributed by atoms with Crippen LogP contribution in [0, 0.1) is 5.92 Å². The number of carbonyl (C=O) groups is 2. The Bertz CT molecular complexity index is 863. The number of benzene rings is 1. The molecule has 0 saturated carbocycles. The SMILES string of the molecule is O=C(NCCn1nnc2ccccc21)[C@@H]1CCC(=O)N(CCCN2CCOCC2)C1. The molecule has 9 nitrogen and oxygen atoms in total. The summed E-state index contributed by atoms with van der Waals surface area (Å²) in [5.74, 6) is 0.0405. The Morgan fingerprint density at radius 3 is 2.87 bits per heavy atom. The third kappa shape index (κ3) is 5.14. The highest BCUT2D eigenvalue weighted by Crippen LogP contribution is 2.18. The van der Waals surface area contributed by atoms with Gasteiger partial charge in [-0.3, -0.25) is 14.5 Å². The Labute approximate surface area is 176 Å². The van der Waals surface area contributed by atoms with Gasteiger partial charge in [-0.25, -0.2) is 4.68 Å². The number of hydrogen-bond acceptors (Lipinski definition) is 6. The lowest BCUT2D eigenvalue weighted by molar-refractivity contribution is -0.138. The van der Waals surface area contributed by atoms with Crippen LogP contribution in [0.3, 0.4) is 0 Å². The highest BCUT2D eigenvalue weighted by atomic mass is 16.5. The standard InChI is InChI=1S/C21H30N6O3/c28-20-7-6-17(16-26(20)10-3-9-25-12-14-30-15-13-25)21(29)22-8-11-27-19-5-2-1-4-18(19)23-24-27/h1-2,4-5,17H,3,6-16H2,(H,22,29)/t17-/m1/s1. The van der Waals surface area contributed by atoms with Gasteiger partial charge in [-0.15, -0.1) is 5.10 Å². The van der Waals surface area contributed by atoms with Gasteiger partial charge in [0.1, 0.15) is 5.52 Å². The Morgan fingerprint density at radius 2 is 2.00 bits per heavy atom. The van der Waals surface area contributed by atoms with Crippen LogP contribution >= 0.6 is 0 Å². The van der Waals surface area contributed by atoms with Gasteiger partial charge < -0.3 is 15.0 Å². The molecule has 1 aromatic carbocycles. The van der Waals surface area contributed by atoms with Crippen molar-refractivity contribution in [2.24, 2.45) is 5.92 Å². The molecule has 1 aromatic heterocycles. The minimum absolute atomic E-state index is 0.0186. The molecule has 0 unspecified atom stereocenters. The monoisotopic (exact) mass is 414 g/mol. The van der Waals surface area contributed by atoms with Gasteiger partial charge in [-0.1, -0.05) is 17.3 Å². The highest BCUT2D eigenvalue weighted by Gasteiger charge is 2.29. The maximum absolute atomic E-state index is 12.6. The van der Waals surface area contributed by atoms with Gasteiger partial charge in [0.15, 0.2) is 0 Å². The predicted molar refractivity (Wildman–Crippen MR) is 112 cm³/mol. The fourth-order valence-electron chi connectivity index (χ4n) is 4.17. The van der Waals surface area contributed by atoms with Crippen LogP contribution in [-0.2, 0) is 20.9 Å². The number of piperidine rings is 1. The normalized spacial score (nSPS) is 20.6. The van der Waals surface area contributed by atoms with Crippen molar-refractivity contribution in [3.8, 4) is 0 Å². The van der Waals surface area contributed by atoms with E-state index in [4.69, 9.17) is 4.74 Å². The second kappa shape index (κ2) is 9.99. The van der Waals surface area contributed by atoms with Crippen LogP contribution in [0.4, 0.5) is 0 Å². The van der Waals surface area contributed by atoms with E-state index in [1.165, 1.54) is 0 Å². The number of nitrogens with one attached hydrogen (secondary N) is 1. The van der Waals surface area contributed by atoms with E-state index in [2.05, 4.69) is 20.5 Å². The van der Waals surface area contributed by atoms with Crippen molar-refractivity contribution in [3.63, 3.8) is 0 Å². The molecule has 1 N–H and O–H groups in total. The molecule has 0 spiro atoms. The summed E-state index contributed by atoms with van der Waals surface area (Å²) in [7, 11) is 0. The molecule has 9 heteroatoms. The number of aromatic nitrogens is 3. The molecule has 4 rings (SSSR count). The van der Waals surface area contributed by atoms with E-state index in [-0.39, 0.29) is 17.7 Å². The number of amides is 2. The fraction of sp³-hybridized carbons (Fsp3) is 0.619. The second-order valence-electron chi connectivity index (χ2n) is 7.98. The Hall–Kier alpha value is -2.52. The average Bonchev–Trinajstić information content (AvgIpc) is 3.19. The molecular weight excluding hydrogens is 384 g/mol. The Kier molecular flexibility index (Phi) is 6.91. The molecule has 2 aromatic rings. The summed E-state index contributed by atoms with van der Waals surface area (Å²) >= 11 is 0. The van der Waals surface area contributed by atoms with E-state index in [1.54, 1.807) is 4.68 Å². The van der Waals surface area contributed by atoms with Crippen molar-refractivity contribution < 1.29 is 14.3 Å². The smallest absolute Gasteiger partial charge is 0.224 e. The summed E-state index contributed by atoms with van der Waals surface area (Å²) in [6, 6.07) is 7.77. The summed E-state index contributed by atoms with van der Waals surface area (Å²) in [5.41, 5.74) is 1.81. The second-order valence-corrected chi connectivity index (χ2v) is 7.98. The van der Waals surface area contributed by atoms with Gasteiger partial charge in [0, 0.05) is 45.7 Å². The fourth-order valence-corrected chi connectivity index (χ4v) is 4.17. The van der Waals surface area contributed by atoms with Gasteiger partial charge in [0.05, 0.1) is 31.2 Å². The van der Waals surface area contributed by atoms with Crippen LogP contribution in [-0.4, -0.2) is 89.1 Å². The number of ether oxygens (including phenoxy) is 1. The number of rotatable bonds is 8. The third-order valence-corrected chi connectivity index (χ3v) is 5.92. The number of para-hydroxylation sites is 1. The number of carbonyl (C=O) groups excluding carboxylic acids is 2. The van der Waals surface area contributed by atoms with Gasteiger partial charge >= 0.3 is 0 Å². The van der Waals surface area contributed by atoms with Crippen LogP contribution in [0.1, 0.15) is 19.3 Å². The van der Waals surface area contributed by atoms with E-state index in [0.29, 0.717) is 39.0 Å². The van der Waals surface area contributed by atoms with Gasteiger partial charge in [-0.2, -0.15) is 0 Å². The van der Waals surface area contributed by atoms with Crippen LogP contribution < -0.4 is 5.32 Å². The molecule has 2 fully saturated rings. The highest BCUT2D eigenvalue weighted by molar-refractivity contribution is 5.83. The first-order valence-corrected chi connectivity index (χ1v) is 10.8. The van der Waals surface area contributed by atoms with Crippen molar-refractivity contribution >= 4 is 22.8 Å². The summed E-state index contributed by atoms with van der Waals surface area (Å²) in [4.78, 5) is 29.2. The lowest BCUT2D eigenvalue weighted by Crippen LogP contribution is -2.47. The molecule has 1 atom stereocenters. The molecule has 3 heterocycles. The van der Waals surface area contributed by atoms with Gasteiger partial charge in [0.2, 0.25) is 11.8 Å². The van der Waals surface area contributed by atoms with Gasteiger partial charge in [0.25, 0.3) is 0 Å². The third-order valence-electron chi connectivity index (χ3n) is 5.92. The Morgan fingerprint density at radius 1 is 1.17 bits per heavy atom. The molecule has 2 aliphatic heterocycles. The van der Waals surface area contributed by atoms with E-state index in [9.17, 15) is 9.59 Å². The number of nitrogens with zero attached hydrogens (tertiary/aromatic N) is 5. The minimum atomic E-state index is -0.140. The lowest BCUT2D eigenvalue weighted by atomic mass is 9.96. The zero-order valence-corrected chi connectivity index (χ0v) is 17.3. The summed E-state index contributed by atoms with van der Waals surface area (Å²) in [5, 5.41) is 11.3. The predicted octanol–water partition coefficient (Wildman–Crippen LogP) is 0.508. The number of likely N-dealkylation sites (tertiary alicyclic amines) is 1. The van der Waals surface area contributed by atoms with Crippen molar-refractivity contribution in [2.45, 2.75) is 25.8 Å².